The lowest BCUT2D eigenvalue weighted by Gasteiger charge is -2.31. The lowest BCUT2D eigenvalue weighted by atomic mass is 10.1. The van der Waals surface area contributed by atoms with Gasteiger partial charge in [0.1, 0.15) is 6.04 Å². The molecule has 33 heavy (non-hydrogen) atoms. The summed E-state index contributed by atoms with van der Waals surface area (Å²) in [7, 11) is 3.20. The summed E-state index contributed by atoms with van der Waals surface area (Å²) in [6.45, 7) is 5.20. The first-order valence-electron chi connectivity index (χ1n) is 11.9. The predicted octanol–water partition coefficient (Wildman–Crippen LogP) is 4.40. The summed E-state index contributed by atoms with van der Waals surface area (Å²) < 4.78 is 10.7. The van der Waals surface area contributed by atoms with Crippen LogP contribution in [-0.4, -0.2) is 50.1 Å². The number of nitrogens with one attached hydrogen (secondary N) is 1. The number of nitrogens with zero attached hydrogens (tertiary/aromatic N) is 1. The molecule has 1 unspecified atom stereocenters. The van der Waals surface area contributed by atoms with Crippen molar-refractivity contribution >= 4 is 11.8 Å². The smallest absolute Gasteiger partial charge is 0.242 e. The van der Waals surface area contributed by atoms with Gasteiger partial charge in [0.15, 0.2) is 11.5 Å². The molecule has 0 bridgehead atoms. The Kier molecular flexibility index (Phi) is 11.3. The average Bonchev–Trinajstić information content (AvgIpc) is 2.85. The van der Waals surface area contributed by atoms with Crippen LogP contribution in [0.25, 0.3) is 0 Å². The van der Waals surface area contributed by atoms with Crippen molar-refractivity contribution in [3.63, 3.8) is 0 Å². The van der Waals surface area contributed by atoms with E-state index in [1.807, 2.05) is 43.3 Å². The van der Waals surface area contributed by atoms with Gasteiger partial charge in [0.25, 0.3) is 0 Å². The van der Waals surface area contributed by atoms with Crippen molar-refractivity contribution in [2.45, 2.75) is 58.4 Å². The normalized spacial score (nSPS) is 11.5. The van der Waals surface area contributed by atoms with Crippen molar-refractivity contribution in [2.75, 3.05) is 27.3 Å². The maximum atomic E-state index is 13.3. The van der Waals surface area contributed by atoms with E-state index in [0.29, 0.717) is 50.3 Å². The van der Waals surface area contributed by atoms with Gasteiger partial charge in [-0.15, -0.1) is 0 Å². The van der Waals surface area contributed by atoms with E-state index in [0.717, 1.165) is 24.0 Å². The van der Waals surface area contributed by atoms with E-state index in [-0.39, 0.29) is 11.8 Å². The van der Waals surface area contributed by atoms with Crippen LogP contribution in [0.4, 0.5) is 0 Å². The van der Waals surface area contributed by atoms with E-state index >= 15 is 0 Å². The number of hydrogen-bond acceptors (Lipinski definition) is 4. The van der Waals surface area contributed by atoms with Crippen molar-refractivity contribution in [3.05, 3.63) is 59.7 Å². The van der Waals surface area contributed by atoms with E-state index in [9.17, 15) is 9.59 Å². The number of ether oxygens (including phenoxy) is 2. The third-order valence-electron chi connectivity index (χ3n) is 5.78. The number of hydrogen-bond donors (Lipinski definition) is 1. The number of benzene rings is 2. The zero-order chi connectivity index (χ0) is 24.1. The fraction of sp³-hybridized carbons (Fsp3) is 0.481. The summed E-state index contributed by atoms with van der Waals surface area (Å²) in [6.07, 6.45) is 4.12. The first-order valence-corrected chi connectivity index (χ1v) is 11.9. The topological polar surface area (TPSA) is 67.9 Å². The van der Waals surface area contributed by atoms with E-state index in [1.165, 1.54) is 0 Å². The Morgan fingerprint density at radius 1 is 0.939 bits per heavy atom. The number of carbonyl (C=O) groups excluding carboxylic acids is 2. The number of rotatable bonds is 14. The molecule has 0 aromatic heterocycles. The van der Waals surface area contributed by atoms with Gasteiger partial charge in [-0.05, 0) is 48.9 Å². The van der Waals surface area contributed by atoms with Crippen LogP contribution in [0.3, 0.4) is 0 Å². The van der Waals surface area contributed by atoms with E-state index < -0.39 is 6.04 Å². The van der Waals surface area contributed by atoms with Crippen molar-refractivity contribution < 1.29 is 19.1 Å². The number of unbranched alkanes of at least 4 members (excludes halogenated alkanes) is 1. The van der Waals surface area contributed by atoms with Gasteiger partial charge in [-0.3, -0.25) is 9.59 Å². The molecule has 0 fully saturated rings. The second kappa shape index (κ2) is 14.2. The molecule has 0 aliphatic heterocycles. The summed E-state index contributed by atoms with van der Waals surface area (Å²) in [6, 6.07) is 15.3. The highest BCUT2D eigenvalue weighted by molar-refractivity contribution is 5.87. The van der Waals surface area contributed by atoms with E-state index in [4.69, 9.17) is 9.47 Å². The molecule has 2 amide bonds. The quantitative estimate of drug-likeness (QED) is 0.430. The van der Waals surface area contributed by atoms with Gasteiger partial charge in [0.05, 0.1) is 14.2 Å². The lowest BCUT2D eigenvalue weighted by Crippen LogP contribution is -2.50. The molecular weight excluding hydrogens is 416 g/mol. The molecule has 0 radical (unpaired) electrons. The number of aryl methyl sites for hydroxylation is 1. The van der Waals surface area contributed by atoms with Gasteiger partial charge in [-0.1, -0.05) is 56.7 Å². The molecule has 2 aromatic carbocycles. The molecule has 180 valence electrons. The number of methoxy groups -OCH3 is 2. The Balaban J connectivity index is 2.12. The van der Waals surface area contributed by atoms with Crippen LogP contribution in [-0.2, 0) is 22.4 Å². The van der Waals surface area contributed by atoms with Crippen LogP contribution in [0.15, 0.2) is 48.5 Å². The van der Waals surface area contributed by atoms with Crippen LogP contribution in [0.2, 0.25) is 0 Å². The second-order valence-corrected chi connectivity index (χ2v) is 8.08. The summed E-state index contributed by atoms with van der Waals surface area (Å²) >= 11 is 0. The highest BCUT2D eigenvalue weighted by Crippen LogP contribution is 2.28. The second-order valence-electron chi connectivity index (χ2n) is 8.08. The summed E-state index contributed by atoms with van der Waals surface area (Å²) in [5.74, 6) is 1.22. The molecule has 0 spiro atoms. The zero-order valence-corrected chi connectivity index (χ0v) is 20.4. The van der Waals surface area contributed by atoms with Crippen LogP contribution < -0.4 is 14.8 Å². The minimum Gasteiger partial charge on any atom is -0.493 e. The largest absolute Gasteiger partial charge is 0.493 e. The van der Waals surface area contributed by atoms with Crippen molar-refractivity contribution in [3.8, 4) is 11.5 Å². The Labute approximate surface area is 198 Å². The maximum absolute atomic E-state index is 13.3. The molecule has 6 nitrogen and oxygen atoms in total. The summed E-state index contributed by atoms with van der Waals surface area (Å²) in [5.41, 5.74) is 2.14. The van der Waals surface area contributed by atoms with E-state index in [2.05, 4.69) is 24.4 Å². The highest BCUT2D eigenvalue weighted by Gasteiger charge is 2.27. The molecular formula is C27H38N2O4. The monoisotopic (exact) mass is 454 g/mol. The van der Waals surface area contributed by atoms with Crippen LogP contribution >= 0.6 is 0 Å². The SMILES string of the molecule is CCCCNC(=O)C(CC)N(CCc1ccccc1)C(=O)CCc1ccc(OC)c(OC)c1. The highest BCUT2D eigenvalue weighted by atomic mass is 16.5. The van der Waals surface area contributed by atoms with Crippen molar-refractivity contribution in [1.29, 1.82) is 0 Å². The molecule has 0 saturated heterocycles. The van der Waals surface area contributed by atoms with Gasteiger partial charge >= 0.3 is 0 Å². The van der Waals surface area contributed by atoms with Gasteiger partial charge in [0, 0.05) is 19.5 Å². The molecule has 1 atom stereocenters. The molecule has 0 heterocycles. The summed E-state index contributed by atoms with van der Waals surface area (Å²) in [5, 5.41) is 3.01. The Bertz CT molecular complexity index is 870. The molecule has 0 saturated carbocycles. The number of carbonyl (C=O) groups is 2. The first-order chi connectivity index (χ1) is 16.0. The van der Waals surface area contributed by atoms with E-state index in [1.54, 1.807) is 19.1 Å². The molecule has 1 N–H and O–H groups in total. The maximum Gasteiger partial charge on any atom is 0.242 e. The van der Waals surface area contributed by atoms with Crippen molar-refractivity contribution in [2.24, 2.45) is 0 Å². The summed E-state index contributed by atoms with van der Waals surface area (Å²) in [4.78, 5) is 28.0. The first kappa shape index (κ1) is 26.2. The van der Waals surface area contributed by atoms with Gasteiger partial charge in [-0.25, -0.2) is 0 Å². The Morgan fingerprint density at radius 2 is 1.67 bits per heavy atom. The van der Waals surface area contributed by atoms with Crippen LogP contribution in [0.5, 0.6) is 11.5 Å². The van der Waals surface area contributed by atoms with Gasteiger partial charge in [0.2, 0.25) is 11.8 Å². The minimum absolute atomic E-state index is 0.0155. The molecule has 6 heteroatoms. The fourth-order valence-electron chi connectivity index (χ4n) is 3.83. The Morgan fingerprint density at radius 3 is 2.30 bits per heavy atom. The van der Waals surface area contributed by atoms with Crippen LogP contribution in [0, 0.1) is 0 Å². The Hall–Kier alpha value is -3.02. The lowest BCUT2D eigenvalue weighted by molar-refractivity contribution is -0.140. The standard InChI is InChI=1S/C27H38N2O4/c1-5-7-18-28-27(31)23(6-2)29(19-17-21-11-9-8-10-12-21)26(30)16-14-22-13-15-24(32-3)25(20-22)33-4/h8-13,15,20,23H,5-7,14,16-19H2,1-4H3,(H,28,31). The minimum atomic E-state index is -0.469. The third-order valence-corrected chi connectivity index (χ3v) is 5.78. The molecule has 0 aliphatic carbocycles. The average molecular weight is 455 g/mol. The third kappa shape index (κ3) is 8.12. The fourth-order valence-corrected chi connectivity index (χ4v) is 3.83. The molecule has 2 aromatic rings. The van der Waals surface area contributed by atoms with Gasteiger partial charge < -0.3 is 19.7 Å². The van der Waals surface area contributed by atoms with Gasteiger partial charge in [-0.2, -0.15) is 0 Å². The van der Waals surface area contributed by atoms with Crippen molar-refractivity contribution in [1.82, 2.24) is 10.2 Å². The number of amides is 2. The van der Waals surface area contributed by atoms with Crippen LogP contribution in [0.1, 0.15) is 50.7 Å². The zero-order valence-electron chi connectivity index (χ0n) is 20.4. The molecule has 2 rings (SSSR count). The molecule has 0 aliphatic rings. The predicted molar refractivity (Wildman–Crippen MR) is 132 cm³/mol.